The average molecular weight is 1030 g/mol. The fourth-order valence-corrected chi connectivity index (χ4v) is 8.91. The summed E-state index contributed by atoms with van der Waals surface area (Å²) in [5, 5.41) is 0. The largest absolute Gasteiger partial charge is 0.462 e. The predicted octanol–water partition coefficient (Wildman–Crippen LogP) is 21.5. The first-order valence-corrected chi connectivity index (χ1v) is 31.6. The van der Waals surface area contributed by atoms with Gasteiger partial charge in [-0.2, -0.15) is 0 Å². The van der Waals surface area contributed by atoms with Gasteiger partial charge in [0, 0.05) is 19.3 Å². The van der Waals surface area contributed by atoms with Crippen molar-refractivity contribution in [2.75, 3.05) is 13.2 Å². The molecular formula is C68H118O6. The Labute approximate surface area is 458 Å². The lowest BCUT2D eigenvalue weighted by Crippen LogP contribution is -2.30. The van der Waals surface area contributed by atoms with Crippen LogP contribution >= 0.6 is 0 Å². The van der Waals surface area contributed by atoms with Crippen LogP contribution in [0.15, 0.2) is 85.1 Å². The minimum absolute atomic E-state index is 0.0838. The molecule has 0 saturated heterocycles. The maximum Gasteiger partial charge on any atom is 0.306 e. The van der Waals surface area contributed by atoms with E-state index in [-0.39, 0.29) is 31.1 Å². The Balaban J connectivity index is 4.41. The van der Waals surface area contributed by atoms with Crippen molar-refractivity contribution >= 4 is 17.9 Å². The monoisotopic (exact) mass is 1030 g/mol. The van der Waals surface area contributed by atoms with Crippen LogP contribution in [-0.2, 0) is 28.6 Å². The van der Waals surface area contributed by atoms with E-state index in [0.717, 1.165) is 109 Å². The molecule has 1 unspecified atom stereocenters. The van der Waals surface area contributed by atoms with Crippen LogP contribution in [-0.4, -0.2) is 37.2 Å². The highest BCUT2D eigenvalue weighted by Gasteiger charge is 2.19. The van der Waals surface area contributed by atoms with Crippen LogP contribution < -0.4 is 0 Å². The molecule has 0 heterocycles. The topological polar surface area (TPSA) is 78.9 Å². The van der Waals surface area contributed by atoms with E-state index in [9.17, 15) is 14.4 Å². The van der Waals surface area contributed by atoms with Crippen molar-refractivity contribution in [3.63, 3.8) is 0 Å². The highest BCUT2D eigenvalue weighted by atomic mass is 16.6. The Kier molecular flexibility index (Phi) is 59.3. The molecule has 0 aliphatic heterocycles. The molecule has 0 bridgehead atoms. The SMILES string of the molecule is CC/C=C\C/C=C\C/C=C\C/C=C\C/C=C\C/C=C\CCCCCCC(=O)OCC(COC(=O)CCCCCCCCCCCCCCCCC)OC(=O)CCCCCCCCC/C=C\CCCCCCCCC. The molecule has 0 aliphatic carbocycles. The molecule has 426 valence electrons. The van der Waals surface area contributed by atoms with E-state index in [1.807, 2.05) is 0 Å². The number of esters is 3. The first kappa shape index (κ1) is 70.6. The molecule has 0 radical (unpaired) electrons. The molecule has 0 rings (SSSR count). The van der Waals surface area contributed by atoms with Gasteiger partial charge in [-0.3, -0.25) is 14.4 Å². The van der Waals surface area contributed by atoms with Crippen LogP contribution in [0.2, 0.25) is 0 Å². The molecule has 0 spiro atoms. The third kappa shape index (κ3) is 59.5. The average Bonchev–Trinajstić information content (AvgIpc) is 3.40. The third-order valence-electron chi connectivity index (χ3n) is 13.6. The second-order valence-corrected chi connectivity index (χ2v) is 20.9. The summed E-state index contributed by atoms with van der Waals surface area (Å²) in [5.74, 6) is -0.901. The first-order chi connectivity index (χ1) is 36.5. The number of hydrogen-bond donors (Lipinski definition) is 0. The van der Waals surface area contributed by atoms with Crippen molar-refractivity contribution in [3.8, 4) is 0 Å². The van der Waals surface area contributed by atoms with Gasteiger partial charge >= 0.3 is 17.9 Å². The number of rotatable bonds is 57. The zero-order chi connectivity index (χ0) is 53.6. The van der Waals surface area contributed by atoms with E-state index >= 15 is 0 Å². The van der Waals surface area contributed by atoms with E-state index in [1.165, 1.54) is 161 Å². The first-order valence-electron chi connectivity index (χ1n) is 31.6. The van der Waals surface area contributed by atoms with Gasteiger partial charge in [-0.15, -0.1) is 0 Å². The Morgan fingerprint density at radius 2 is 0.527 bits per heavy atom. The summed E-state index contributed by atoms with van der Waals surface area (Å²) in [6, 6.07) is 0. The highest BCUT2D eigenvalue weighted by Crippen LogP contribution is 2.16. The van der Waals surface area contributed by atoms with Gasteiger partial charge in [-0.1, -0.05) is 279 Å². The van der Waals surface area contributed by atoms with Crippen molar-refractivity contribution in [2.45, 2.75) is 316 Å². The Morgan fingerprint density at radius 1 is 0.284 bits per heavy atom. The number of carbonyl (C=O) groups excluding carboxylic acids is 3. The third-order valence-corrected chi connectivity index (χ3v) is 13.6. The number of hydrogen-bond acceptors (Lipinski definition) is 6. The lowest BCUT2D eigenvalue weighted by atomic mass is 10.0. The summed E-state index contributed by atoms with van der Waals surface area (Å²) < 4.78 is 16.9. The lowest BCUT2D eigenvalue weighted by Gasteiger charge is -2.18. The molecule has 0 fully saturated rings. The smallest absolute Gasteiger partial charge is 0.306 e. The summed E-state index contributed by atoms with van der Waals surface area (Å²) in [7, 11) is 0. The summed E-state index contributed by atoms with van der Waals surface area (Å²) in [4.78, 5) is 38.3. The van der Waals surface area contributed by atoms with Crippen molar-refractivity contribution in [3.05, 3.63) is 85.1 Å². The van der Waals surface area contributed by atoms with Crippen LogP contribution in [0, 0.1) is 0 Å². The molecule has 0 aliphatic rings. The Morgan fingerprint density at radius 3 is 0.838 bits per heavy atom. The van der Waals surface area contributed by atoms with Gasteiger partial charge < -0.3 is 14.2 Å². The van der Waals surface area contributed by atoms with Gasteiger partial charge in [0.1, 0.15) is 13.2 Å². The van der Waals surface area contributed by atoms with Gasteiger partial charge in [0.2, 0.25) is 0 Å². The molecule has 0 N–H and O–H groups in total. The van der Waals surface area contributed by atoms with Gasteiger partial charge in [-0.05, 0) is 96.3 Å². The molecule has 0 aromatic heterocycles. The molecule has 0 amide bonds. The minimum atomic E-state index is -0.789. The quantitative estimate of drug-likeness (QED) is 0.0261. The van der Waals surface area contributed by atoms with Crippen LogP contribution in [0.25, 0.3) is 0 Å². The zero-order valence-electron chi connectivity index (χ0n) is 48.8. The summed E-state index contributed by atoms with van der Waals surface area (Å²) >= 11 is 0. The Hall–Kier alpha value is -3.41. The molecule has 74 heavy (non-hydrogen) atoms. The number of allylic oxidation sites excluding steroid dienone is 14. The van der Waals surface area contributed by atoms with Crippen molar-refractivity contribution in [2.24, 2.45) is 0 Å². The van der Waals surface area contributed by atoms with Crippen LogP contribution in [0.4, 0.5) is 0 Å². The minimum Gasteiger partial charge on any atom is -0.462 e. The van der Waals surface area contributed by atoms with E-state index in [2.05, 4.69) is 106 Å². The zero-order valence-corrected chi connectivity index (χ0v) is 48.8. The van der Waals surface area contributed by atoms with Crippen molar-refractivity contribution in [1.29, 1.82) is 0 Å². The van der Waals surface area contributed by atoms with Gasteiger partial charge in [0.25, 0.3) is 0 Å². The van der Waals surface area contributed by atoms with Crippen molar-refractivity contribution < 1.29 is 28.6 Å². The van der Waals surface area contributed by atoms with Crippen LogP contribution in [0.3, 0.4) is 0 Å². The summed E-state index contributed by atoms with van der Waals surface area (Å²) in [6.45, 7) is 6.53. The predicted molar refractivity (Wildman–Crippen MR) is 321 cm³/mol. The van der Waals surface area contributed by atoms with Crippen molar-refractivity contribution in [1.82, 2.24) is 0 Å². The Bertz CT molecular complexity index is 1420. The van der Waals surface area contributed by atoms with E-state index in [0.29, 0.717) is 19.3 Å². The number of unbranched alkanes of at least 4 members (excludes halogenated alkanes) is 32. The molecule has 0 saturated carbocycles. The second-order valence-electron chi connectivity index (χ2n) is 20.9. The van der Waals surface area contributed by atoms with E-state index in [4.69, 9.17) is 14.2 Å². The molecular weight excluding hydrogens is 913 g/mol. The molecule has 0 aromatic carbocycles. The van der Waals surface area contributed by atoms with Gasteiger partial charge in [-0.25, -0.2) is 0 Å². The van der Waals surface area contributed by atoms with Gasteiger partial charge in [0.05, 0.1) is 0 Å². The number of carbonyl (C=O) groups is 3. The van der Waals surface area contributed by atoms with Gasteiger partial charge in [0.15, 0.2) is 6.10 Å². The summed E-state index contributed by atoms with van der Waals surface area (Å²) in [6.07, 6.45) is 81.5. The van der Waals surface area contributed by atoms with Crippen LogP contribution in [0.1, 0.15) is 310 Å². The fraction of sp³-hybridized carbons (Fsp3) is 0.750. The second kappa shape index (κ2) is 62.1. The van der Waals surface area contributed by atoms with Crippen LogP contribution in [0.5, 0.6) is 0 Å². The number of ether oxygens (including phenoxy) is 3. The normalized spacial score (nSPS) is 12.6. The molecule has 6 heteroatoms. The van der Waals surface area contributed by atoms with E-state index < -0.39 is 6.10 Å². The molecule has 1 atom stereocenters. The fourth-order valence-electron chi connectivity index (χ4n) is 8.91. The maximum atomic E-state index is 12.9. The van der Waals surface area contributed by atoms with E-state index in [1.54, 1.807) is 0 Å². The maximum absolute atomic E-state index is 12.9. The lowest BCUT2D eigenvalue weighted by molar-refractivity contribution is -0.167. The molecule has 6 nitrogen and oxygen atoms in total. The highest BCUT2D eigenvalue weighted by molar-refractivity contribution is 5.71. The molecule has 0 aromatic rings. The standard InChI is InChI=1S/C68H118O6/c1-4-7-10-13-16-19-22-25-28-30-32-33-34-35-36-38-40-43-46-49-52-55-58-61-67(70)73-64-65(63-72-66(69)60-57-54-51-48-45-42-39-27-24-21-18-15-12-9-6-3)74-68(71)62-59-56-53-50-47-44-41-37-31-29-26-23-20-17-14-11-8-5-2/h7,10,16,19,25,28-29,31-33,35-36,40,43,65H,4-6,8-9,11-15,17-18,20-24,26-27,30,34,37-39,41-42,44-64H2,1-3H3/b10-7-,19-16-,28-25-,31-29-,33-32-,36-35-,43-40-. The summed E-state index contributed by atoms with van der Waals surface area (Å²) in [5.41, 5.74) is 0.